The SMILES string of the molecule is O=C(CC1Sc2ccc(Cl)cc2NC1=O)Nc1cccc2c1CCCC2. The summed E-state index contributed by atoms with van der Waals surface area (Å²) in [6, 6.07) is 11.5. The van der Waals surface area contributed by atoms with Gasteiger partial charge in [0.1, 0.15) is 0 Å². The second-order valence-corrected chi connectivity index (χ2v) is 8.32. The highest BCUT2D eigenvalue weighted by Crippen LogP contribution is 2.38. The van der Waals surface area contributed by atoms with E-state index in [-0.39, 0.29) is 18.2 Å². The maximum absolute atomic E-state index is 12.6. The van der Waals surface area contributed by atoms with E-state index in [1.807, 2.05) is 18.2 Å². The van der Waals surface area contributed by atoms with Crippen molar-refractivity contribution in [3.63, 3.8) is 0 Å². The van der Waals surface area contributed by atoms with Crippen molar-refractivity contribution in [2.45, 2.75) is 42.2 Å². The molecule has 2 N–H and O–H groups in total. The second kappa shape index (κ2) is 7.33. The molecule has 4 rings (SSSR count). The number of amides is 2. The van der Waals surface area contributed by atoms with Crippen molar-refractivity contribution in [1.82, 2.24) is 0 Å². The fourth-order valence-electron chi connectivity index (χ4n) is 3.53. The summed E-state index contributed by atoms with van der Waals surface area (Å²) in [6.07, 6.45) is 4.56. The fourth-order valence-corrected chi connectivity index (χ4v) is 4.79. The van der Waals surface area contributed by atoms with Gasteiger partial charge in [-0.2, -0.15) is 0 Å². The number of rotatable bonds is 3. The van der Waals surface area contributed by atoms with Crippen LogP contribution in [0.1, 0.15) is 30.4 Å². The molecule has 0 saturated heterocycles. The highest BCUT2D eigenvalue weighted by Gasteiger charge is 2.29. The van der Waals surface area contributed by atoms with Crippen LogP contribution >= 0.6 is 23.4 Å². The van der Waals surface area contributed by atoms with Gasteiger partial charge in [-0.1, -0.05) is 23.7 Å². The molecule has 0 radical (unpaired) electrons. The number of halogens is 1. The van der Waals surface area contributed by atoms with Crippen molar-refractivity contribution in [2.75, 3.05) is 10.6 Å². The summed E-state index contributed by atoms with van der Waals surface area (Å²) >= 11 is 7.38. The highest BCUT2D eigenvalue weighted by atomic mass is 35.5. The maximum Gasteiger partial charge on any atom is 0.238 e. The van der Waals surface area contributed by atoms with Crippen molar-refractivity contribution in [1.29, 1.82) is 0 Å². The summed E-state index contributed by atoms with van der Waals surface area (Å²) in [4.78, 5) is 25.8. The topological polar surface area (TPSA) is 58.2 Å². The maximum atomic E-state index is 12.6. The molecule has 26 heavy (non-hydrogen) atoms. The molecule has 1 atom stereocenters. The Balaban J connectivity index is 1.46. The van der Waals surface area contributed by atoms with Crippen LogP contribution < -0.4 is 10.6 Å². The number of aryl methyl sites for hydroxylation is 1. The van der Waals surface area contributed by atoms with Crippen LogP contribution in [-0.4, -0.2) is 17.1 Å². The van der Waals surface area contributed by atoms with E-state index in [2.05, 4.69) is 16.7 Å². The molecule has 0 aromatic heterocycles. The van der Waals surface area contributed by atoms with Crippen molar-refractivity contribution < 1.29 is 9.59 Å². The minimum Gasteiger partial charge on any atom is -0.326 e. The molecule has 0 bridgehead atoms. The summed E-state index contributed by atoms with van der Waals surface area (Å²) in [5, 5.41) is 6.00. The van der Waals surface area contributed by atoms with Crippen LogP contribution in [0.25, 0.3) is 0 Å². The first kappa shape index (κ1) is 17.4. The van der Waals surface area contributed by atoms with Gasteiger partial charge in [0.05, 0.1) is 10.9 Å². The Morgan fingerprint density at radius 1 is 1.23 bits per heavy atom. The van der Waals surface area contributed by atoms with E-state index in [4.69, 9.17) is 11.6 Å². The van der Waals surface area contributed by atoms with Gasteiger partial charge in [0.2, 0.25) is 11.8 Å². The molecule has 0 saturated carbocycles. The van der Waals surface area contributed by atoms with Gasteiger partial charge >= 0.3 is 0 Å². The number of anilines is 2. The first-order valence-corrected chi connectivity index (χ1v) is 10.0. The zero-order chi connectivity index (χ0) is 18.1. The second-order valence-electron chi connectivity index (χ2n) is 6.64. The smallest absolute Gasteiger partial charge is 0.238 e. The van der Waals surface area contributed by atoms with Crippen LogP contribution in [0.5, 0.6) is 0 Å². The molecule has 1 heterocycles. The Hall–Kier alpha value is -1.98. The quantitative estimate of drug-likeness (QED) is 0.806. The van der Waals surface area contributed by atoms with Gasteiger partial charge in [0.15, 0.2) is 0 Å². The fraction of sp³-hybridized carbons (Fsp3) is 0.300. The molecular formula is C20H19ClN2O2S. The number of benzene rings is 2. The first-order valence-electron chi connectivity index (χ1n) is 8.78. The number of carbonyl (C=O) groups excluding carboxylic acids is 2. The normalized spacial score (nSPS) is 18.5. The minimum atomic E-state index is -0.441. The molecule has 1 aliphatic heterocycles. The molecular weight excluding hydrogens is 368 g/mol. The van der Waals surface area contributed by atoms with Gasteiger partial charge in [-0.3, -0.25) is 9.59 Å². The zero-order valence-corrected chi connectivity index (χ0v) is 15.8. The van der Waals surface area contributed by atoms with E-state index in [0.29, 0.717) is 10.7 Å². The van der Waals surface area contributed by atoms with E-state index < -0.39 is 5.25 Å². The summed E-state index contributed by atoms with van der Waals surface area (Å²) < 4.78 is 0. The first-order chi connectivity index (χ1) is 12.6. The third-order valence-electron chi connectivity index (χ3n) is 4.80. The molecule has 2 aromatic carbocycles. The number of nitrogens with one attached hydrogen (secondary N) is 2. The van der Waals surface area contributed by atoms with Gasteiger partial charge in [-0.25, -0.2) is 0 Å². The van der Waals surface area contributed by atoms with Gasteiger partial charge in [0.25, 0.3) is 0 Å². The monoisotopic (exact) mass is 386 g/mol. The molecule has 4 nitrogen and oxygen atoms in total. The average Bonchev–Trinajstić information content (AvgIpc) is 2.63. The molecule has 2 aliphatic rings. The molecule has 6 heteroatoms. The lowest BCUT2D eigenvalue weighted by molar-refractivity contribution is -0.120. The Morgan fingerprint density at radius 3 is 2.96 bits per heavy atom. The van der Waals surface area contributed by atoms with Crippen molar-refractivity contribution in [3.05, 3.63) is 52.5 Å². The van der Waals surface area contributed by atoms with Gasteiger partial charge in [-0.05, 0) is 61.1 Å². The molecule has 1 unspecified atom stereocenters. The van der Waals surface area contributed by atoms with Crippen LogP contribution in [0, 0.1) is 0 Å². The molecule has 134 valence electrons. The van der Waals surface area contributed by atoms with Crippen molar-refractivity contribution in [2.24, 2.45) is 0 Å². The van der Waals surface area contributed by atoms with Crippen molar-refractivity contribution >= 4 is 46.6 Å². The number of fused-ring (bicyclic) bond motifs is 2. The number of thioether (sulfide) groups is 1. The molecule has 2 aromatic rings. The average molecular weight is 387 g/mol. The number of hydrogen-bond acceptors (Lipinski definition) is 3. The summed E-state index contributed by atoms with van der Waals surface area (Å²) in [5.41, 5.74) is 4.17. The summed E-state index contributed by atoms with van der Waals surface area (Å²) in [6.45, 7) is 0. The largest absolute Gasteiger partial charge is 0.326 e. The Morgan fingerprint density at radius 2 is 2.08 bits per heavy atom. The molecule has 0 fully saturated rings. The van der Waals surface area contributed by atoms with Crippen LogP contribution in [0.3, 0.4) is 0 Å². The number of carbonyl (C=O) groups is 2. The van der Waals surface area contributed by atoms with Gasteiger partial charge in [0, 0.05) is 22.0 Å². The predicted molar refractivity (Wildman–Crippen MR) is 106 cm³/mol. The third-order valence-corrected chi connectivity index (χ3v) is 6.31. The Kier molecular flexibility index (Phi) is 4.92. The van der Waals surface area contributed by atoms with E-state index in [1.165, 1.54) is 29.3 Å². The van der Waals surface area contributed by atoms with E-state index in [1.54, 1.807) is 12.1 Å². The lowest BCUT2D eigenvalue weighted by atomic mass is 9.90. The minimum absolute atomic E-state index is 0.131. The predicted octanol–water partition coefficient (Wildman–Crippen LogP) is 4.66. The van der Waals surface area contributed by atoms with Crippen LogP contribution in [-0.2, 0) is 22.4 Å². The van der Waals surface area contributed by atoms with Gasteiger partial charge in [-0.15, -0.1) is 11.8 Å². The highest BCUT2D eigenvalue weighted by molar-refractivity contribution is 8.01. The molecule has 2 amide bonds. The van der Waals surface area contributed by atoms with Crippen LogP contribution in [0.15, 0.2) is 41.3 Å². The molecule has 1 aliphatic carbocycles. The lowest BCUT2D eigenvalue weighted by Gasteiger charge is -2.24. The van der Waals surface area contributed by atoms with E-state index in [0.717, 1.165) is 29.8 Å². The standard InChI is InChI=1S/C20H19ClN2O2S/c21-13-8-9-17-16(10-13)23-20(25)18(26-17)11-19(24)22-15-7-3-5-12-4-1-2-6-14(12)15/h3,5,7-10,18H,1-2,4,6,11H2,(H,22,24)(H,23,25). The Bertz CT molecular complexity index is 884. The summed E-state index contributed by atoms with van der Waals surface area (Å²) in [5.74, 6) is -0.288. The van der Waals surface area contributed by atoms with Crippen molar-refractivity contribution in [3.8, 4) is 0 Å². The van der Waals surface area contributed by atoms with Crippen LogP contribution in [0.2, 0.25) is 5.02 Å². The van der Waals surface area contributed by atoms with Gasteiger partial charge < -0.3 is 10.6 Å². The third kappa shape index (κ3) is 3.60. The molecule has 0 spiro atoms. The zero-order valence-electron chi connectivity index (χ0n) is 14.2. The van der Waals surface area contributed by atoms with E-state index >= 15 is 0 Å². The lowest BCUT2D eigenvalue weighted by Crippen LogP contribution is -2.32. The summed E-state index contributed by atoms with van der Waals surface area (Å²) in [7, 11) is 0. The Labute approximate surface area is 161 Å². The van der Waals surface area contributed by atoms with E-state index in [9.17, 15) is 9.59 Å². The van der Waals surface area contributed by atoms with Crippen LogP contribution in [0.4, 0.5) is 11.4 Å². The number of hydrogen-bond donors (Lipinski definition) is 2.